The van der Waals surface area contributed by atoms with Crippen LogP contribution in [-0.4, -0.2) is 22.0 Å². The highest BCUT2D eigenvalue weighted by Gasteiger charge is 2.41. The van der Waals surface area contributed by atoms with Gasteiger partial charge < -0.3 is 15.2 Å². The Bertz CT molecular complexity index is 779. The summed E-state index contributed by atoms with van der Waals surface area (Å²) in [5.74, 6) is -1.81. The Morgan fingerprint density at radius 1 is 1.20 bits per heavy atom. The number of nitrogens with one attached hydrogen (secondary N) is 1. The number of hydrogen-bond donors (Lipinski definition) is 2. The van der Waals surface area contributed by atoms with E-state index in [9.17, 15) is 14.0 Å². The van der Waals surface area contributed by atoms with Gasteiger partial charge in [-0.15, -0.1) is 0 Å². The molecule has 0 saturated heterocycles. The lowest BCUT2D eigenvalue weighted by Crippen LogP contribution is -2.43. The van der Waals surface area contributed by atoms with Crippen LogP contribution in [0.25, 0.3) is 0 Å². The van der Waals surface area contributed by atoms with E-state index in [1.807, 2.05) is 0 Å². The number of aliphatic carboxylic acids is 1. The summed E-state index contributed by atoms with van der Waals surface area (Å²) in [4.78, 5) is 27.1. The molecule has 6 nitrogen and oxygen atoms in total. The normalized spacial score (nSPS) is 18.9. The van der Waals surface area contributed by atoms with Gasteiger partial charge in [0.25, 0.3) is 0 Å². The molecule has 0 spiro atoms. The fraction of sp³-hybridized carbons (Fsp3) is 0.278. The maximum absolute atomic E-state index is 12.9. The molecule has 1 aromatic heterocycles. The van der Waals surface area contributed by atoms with E-state index in [0.29, 0.717) is 24.5 Å². The van der Waals surface area contributed by atoms with Gasteiger partial charge in [0.15, 0.2) is 0 Å². The maximum atomic E-state index is 12.9. The number of rotatable bonds is 6. The van der Waals surface area contributed by atoms with E-state index in [2.05, 4.69) is 10.3 Å². The largest absolute Gasteiger partial charge is 0.481 e. The minimum absolute atomic E-state index is 0.253. The van der Waals surface area contributed by atoms with E-state index in [0.717, 1.165) is 5.56 Å². The zero-order valence-corrected chi connectivity index (χ0v) is 13.3. The first-order chi connectivity index (χ1) is 12.0. The zero-order valence-electron chi connectivity index (χ0n) is 13.3. The number of hydrogen-bond acceptors (Lipinski definition) is 4. The van der Waals surface area contributed by atoms with Gasteiger partial charge in [0.1, 0.15) is 11.6 Å². The minimum Gasteiger partial charge on any atom is -0.481 e. The average molecular weight is 344 g/mol. The van der Waals surface area contributed by atoms with Crippen molar-refractivity contribution in [3.05, 3.63) is 54.0 Å². The Morgan fingerprint density at radius 2 is 1.92 bits per heavy atom. The van der Waals surface area contributed by atoms with Crippen LogP contribution in [0.2, 0.25) is 0 Å². The van der Waals surface area contributed by atoms with Crippen molar-refractivity contribution in [1.29, 1.82) is 0 Å². The molecule has 0 aliphatic heterocycles. The van der Waals surface area contributed by atoms with Gasteiger partial charge in [-0.2, -0.15) is 0 Å². The Labute approximate surface area is 143 Å². The van der Waals surface area contributed by atoms with Gasteiger partial charge in [0, 0.05) is 18.8 Å². The van der Waals surface area contributed by atoms with Crippen molar-refractivity contribution in [2.45, 2.75) is 19.4 Å². The Morgan fingerprint density at radius 3 is 2.56 bits per heavy atom. The molecule has 2 N–H and O–H groups in total. The van der Waals surface area contributed by atoms with E-state index in [-0.39, 0.29) is 18.3 Å². The van der Waals surface area contributed by atoms with Crippen molar-refractivity contribution in [1.82, 2.24) is 10.3 Å². The topological polar surface area (TPSA) is 88.5 Å². The lowest BCUT2D eigenvalue weighted by atomic mass is 9.73. The van der Waals surface area contributed by atoms with Crippen LogP contribution >= 0.6 is 0 Å². The van der Waals surface area contributed by atoms with Crippen molar-refractivity contribution in [3.63, 3.8) is 0 Å². The number of aromatic nitrogens is 1. The lowest BCUT2D eigenvalue weighted by Gasteiger charge is -2.31. The number of carboxylic acid groups (broad SMARTS) is 1. The highest BCUT2D eigenvalue weighted by molar-refractivity contribution is 5.86. The van der Waals surface area contributed by atoms with Gasteiger partial charge in [-0.25, -0.2) is 9.37 Å². The third-order valence-corrected chi connectivity index (χ3v) is 4.23. The van der Waals surface area contributed by atoms with Crippen LogP contribution in [0.1, 0.15) is 18.4 Å². The summed E-state index contributed by atoms with van der Waals surface area (Å²) in [5, 5.41) is 11.8. The van der Waals surface area contributed by atoms with Crippen molar-refractivity contribution in [2.75, 3.05) is 0 Å². The van der Waals surface area contributed by atoms with Gasteiger partial charge in [-0.1, -0.05) is 0 Å². The van der Waals surface area contributed by atoms with Crippen molar-refractivity contribution in [2.24, 2.45) is 11.8 Å². The van der Waals surface area contributed by atoms with Crippen LogP contribution in [0.15, 0.2) is 42.6 Å². The lowest BCUT2D eigenvalue weighted by molar-refractivity contribution is -0.152. The molecule has 1 saturated carbocycles. The molecule has 1 heterocycles. The highest BCUT2D eigenvalue weighted by atomic mass is 19.1. The standard InChI is InChI=1S/C18H17FN2O4/c19-12-1-3-13(4-2-12)25-16-9-11(7-8-20-16)10-21-17(22)14-5-6-15(14)18(23)24/h1-4,7-9,14-15H,5-6,10H2,(H,21,22)(H,23,24). The molecule has 2 unspecified atom stereocenters. The van der Waals surface area contributed by atoms with Crippen LogP contribution in [0, 0.1) is 17.7 Å². The molecule has 1 amide bonds. The van der Waals surface area contributed by atoms with Gasteiger partial charge in [-0.05, 0) is 48.7 Å². The molecular weight excluding hydrogens is 327 g/mol. The van der Waals surface area contributed by atoms with E-state index in [1.165, 1.54) is 24.3 Å². The van der Waals surface area contributed by atoms with E-state index >= 15 is 0 Å². The Kier molecular flexibility index (Phi) is 4.92. The number of pyridine rings is 1. The first kappa shape index (κ1) is 16.9. The molecule has 2 aromatic rings. The molecule has 1 fully saturated rings. The predicted molar refractivity (Wildman–Crippen MR) is 86.4 cm³/mol. The molecule has 0 bridgehead atoms. The Balaban J connectivity index is 1.57. The smallest absolute Gasteiger partial charge is 0.307 e. The number of carbonyl (C=O) groups is 2. The first-order valence-corrected chi connectivity index (χ1v) is 7.92. The van der Waals surface area contributed by atoms with Gasteiger partial charge in [0.05, 0.1) is 11.8 Å². The summed E-state index contributed by atoms with van der Waals surface area (Å²) >= 11 is 0. The van der Waals surface area contributed by atoms with Crippen LogP contribution in [0.5, 0.6) is 11.6 Å². The summed E-state index contributed by atoms with van der Waals surface area (Å²) in [6.45, 7) is 0.254. The molecule has 1 aromatic carbocycles. The van der Waals surface area contributed by atoms with Gasteiger partial charge >= 0.3 is 5.97 Å². The molecule has 1 aliphatic carbocycles. The number of ether oxygens (including phenoxy) is 1. The molecule has 25 heavy (non-hydrogen) atoms. The minimum atomic E-state index is -0.926. The summed E-state index contributed by atoms with van der Waals surface area (Å²) in [6, 6.07) is 8.96. The van der Waals surface area contributed by atoms with Crippen molar-refractivity contribution >= 4 is 11.9 Å². The molecule has 0 radical (unpaired) electrons. The third-order valence-electron chi connectivity index (χ3n) is 4.23. The summed E-state index contributed by atoms with van der Waals surface area (Å²) in [7, 11) is 0. The maximum Gasteiger partial charge on any atom is 0.307 e. The van der Waals surface area contributed by atoms with Crippen molar-refractivity contribution < 1.29 is 23.8 Å². The molecule has 1 aliphatic rings. The Hall–Kier alpha value is -2.96. The fourth-order valence-corrected chi connectivity index (χ4v) is 2.67. The third kappa shape index (κ3) is 4.12. The summed E-state index contributed by atoms with van der Waals surface area (Å²) in [5.41, 5.74) is 0.770. The molecule has 3 rings (SSSR count). The fourth-order valence-electron chi connectivity index (χ4n) is 2.67. The summed E-state index contributed by atoms with van der Waals surface area (Å²) in [6.07, 6.45) is 2.68. The van der Waals surface area contributed by atoms with Crippen molar-refractivity contribution in [3.8, 4) is 11.6 Å². The number of nitrogens with zero attached hydrogens (tertiary/aromatic N) is 1. The second kappa shape index (κ2) is 7.29. The number of benzene rings is 1. The predicted octanol–water partition coefficient (Wildman–Crippen LogP) is 2.74. The zero-order chi connectivity index (χ0) is 17.8. The first-order valence-electron chi connectivity index (χ1n) is 7.92. The number of halogens is 1. The highest BCUT2D eigenvalue weighted by Crippen LogP contribution is 2.34. The molecular formula is C18H17FN2O4. The average Bonchev–Trinajstić information content (AvgIpc) is 2.54. The van der Waals surface area contributed by atoms with Crippen LogP contribution in [0.3, 0.4) is 0 Å². The molecule has 130 valence electrons. The van der Waals surface area contributed by atoms with Gasteiger partial charge in [0.2, 0.25) is 11.8 Å². The molecule has 7 heteroatoms. The second-order valence-electron chi connectivity index (χ2n) is 5.90. The monoisotopic (exact) mass is 344 g/mol. The summed E-state index contributed by atoms with van der Waals surface area (Å²) < 4.78 is 18.4. The van der Waals surface area contributed by atoms with Gasteiger partial charge in [-0.3, -0.25) is 9.59 Å². The number of carboxylic acids is 1. The SMILES string of the molecule is O=C(O)C1CCC1C(=O)NCc1ccnc(Oc2ccc(F)cc2)c1. The van der Waals surface area contributed by atoms with Crippen LogP contribution < -0.4 is 10.1 Å². The quantitative estimate of drug-likeness (QED) is 0.841. The van der Waals surface area contributed by atoms with E-state index in [1.54, 1.807) is 18.3 Å². The van der Waals surface area contributed by atoms with E-state index in [4.69, 9.17) is 9.84 Å². The molecule has 2 atom stereocenters. The number of amides is 1. The van der Waals surface area contributed by atoms with Crippen LogP contribution in [0.4, 0.5) is 4.39 Å². The van der Waals surface area contributed by atoms with E-state index < -0.39 is 17.8 Å². The number of carbonyl (C=O) groups excluding carboxylic acids is 1. The second-order valence-corrected chi connectivity index (χ2v) is 5.90. The van der Waals surface area contributed by atoms with Crippen LogP contribution in [-0.2, 0) is 16.1 Å².